The van der Waals surface area contributed by atoms with E-state index in [0.717, 1.165) is 12.0 Å². The summed E-state index contributed by atoms with van der Waals surface area (Å²) in [6.07, 6.45) is 0.563. The van der Waals surface area contributed by atoms with Crippen molar-refractivity contribution in [3.63, 3.8) is 0 Å². The van der Waals surface area contributed by atoms with Gasteiger partial charge in [-0.3, -0.25) is 4.90 Å². The molecule has 26 heavy (non-hydrogen) atoms. The highest BCUT2D eigenvalue weighted by Gasteiger charge is 2.33. The minimum atomic E-state index is -0.362. The van der Waals surface area contributed by atoms with Crippen LogP contribution in [0, 0.1) is 0 Å². The van der Waals surface area contributed by atoms with Crippen molar-refractivity contribution in [2.24, 2.45) is 0 Å². The number of hydrogen-bond acceptors (Lipinski definition) is 3. The molecule has 2 fully saturated rings. The van der Waals surface area contributed by atoms with E-state index in [1.807, 2.05) is 36.4 Å². The van der Waals surface area contributed by atoms with Gasteiger partial charge in [-0.25, -0.2) is 9.59 Å². The molecule has 2 aliphatic heterocycles. The summed E-state index contributed by atoms with van der Waals surface area (Å²) >= 11 is 5.93. The first kappa shape index (κ1) is 16.7. The fourth-order valence-corrected chi connectivity index (χ4v) is 3.36. The SMILES string of the molecule is O=C1OCCN1c1cccc(NC(=O)N2CCC2c2ccc(Cl)cc2)c1. The standard InChI is InChI=1S/C19H18ClN3O3/c20-14-6-4-13(5-7-14)17-8-9-23(17)18(24)21-15-2-1-3-16(12-15)22-10-11-26-19(22)25/h1-7,12,17H,8-11H2,(H,21,24). The zero-order chi connectivity index (χ0) is 18.1. The number of urea groups is 1. The predicted octanol–water partition coefficient (Wildman–Crippen LogP) is 4.28. The molecule has 134 valence electrons. The van der Waals surface area contributed by atoms with E-state index in [4.69, 9.17) is 16.3 Å². The van der Waals surface area contributed by atoms with Crippen molar-refractivity contribution in [1.82, 2.24) is 4.90 Å². The van der Waals surface area contributed by atoms with Gasteiger partial charge in [0.15, 0.2) is 0 Å². The summed E-state index contributed by atoms with van der Waals surface area (Å²) in [4.78, 5) is 27.7. The summed E-state index contributed by atoms with van der Waals surface area (Å²) in [6, 6.07) is 14.7. The maximum absolute atomic E-state index is 12.6. The number of anilines is 2. The maximum atomic E-state index is 12.6. The smallest absolute Gasteiger partial charge is 0.414 e. The van der Waals surface area contributed by atoms with E-state index in [2.05, 4.69) is 5.32 Å². The van der Waals surface area contributed by atoms with Crippen LogP contribution in [0.2, 0.25) is 5.02 Å². The zero-order valence-electron chi connectivity index (χ0n) is 14.0. The van der Waals surface area contributed by atoms with Gasteiger partial charge in [-0.1, -0.05) is 29.8 Å². The van der Waals surface area contributed by atoms with Crippen molar-refractivity contribution in [2.75, 3.05) is 29.9 Å². The van der Waals surface area contributed by atoms with Crippen molar-refractivity contribution in [3.8, 4) is 0 Å². The number of amides is 3. The van der Waals surface area contributed by atoms with Crippen molar-refractivity contribution in [3.05, 3.63) is 59.1 Å². The second-order valence-corrected chi connectivity index (χ2v) is 6.73. The highest BCUT2D eigenvalue weighted by Crippen LogP contribution is 2.34. The molecule has 1 unspecified atom stereocenters. The van der Waals surface area contributed by atoms with E-state index in [-0.39, 0.29) is 18.2 Å². The average molecular weight is 372 g/mol. The van der Waals surface area contributed by atoms with Crippen molar-refractivity contribution in [2.45, 2.75) is 12.5 Å². The van der Waals surface area contributed by atoms with Gasteiger partial charge in [-0.2, -0.15) is 0 Å². The van der Waals surface area contributed by atoms with E-state index in [1.165, 1.54) is 0 Å². The van der Waals surface area contributed by atoms with Crippen molar-refractivity contribution < 1.29 is 14.3 Å². The number of carbonyl (C=O) groups excluding carboxylic acids is 2. The number of benzene rings is 2. The molecule has 2 aliphatic rings. The summed E-state index contributed by atoms with van der Waals surface area (Å²) in [6.45, 7) is 1.60. The summed E-state index contributed by atoms with van der Waals surface area (Å²) in [7, 11) is 0. The van der Waals surface area contributed by atoms with E-state index < -0.39 is 0 Å². The molecule has 7 heteroatoms. The Balaban J connectivity index is 1.45. The Morgan fingerprint density at radius 1 is 1.15 bits per heavy atom. The fraction of sp³-hybridized carbons (Fsp3) is 0.263. The zero-order valence-corrected chi connectivity index (χ0v) is 14.8. The van der Waals surface area contributed by atoms with Gasteiger partial charge in [-0.05, 0) is 42.3 Å². The van der Waals surface area contributed by atoms with Crippen molar-refractivity contribution in [1.29, 1.82) is 0 Å². The molecule has 0 bridgehead atoms. The quantitative estimate of drug-likeness (QED) is 0.876. The Morgan fingerprint density at radius 3 is 2.62 bits per heavy atom. The Labute approximate surface area is 156 Å². The summed E-state index contributed by atoms with van der Waals surface area (Å²) < 4.78 is 4.96. The molecule has 2 saturated heterocycles. The van der Waals surface area contributed by atoms with Crippen LogP contribution in [-0.4, -0.2) is 36.7 Å². The maximum Gasteiger partial charge on any atom is 0.414 e. The molecule has 2 aromatic carbocycles. The number of likely N-dealkylation sites (tertiary alicyclic amines) is 1. The molecular weight excluding hydrogens is 354 g/mol. The largest absolute Gasteiger partial charge is 0.447 e. The third kappa shape index (κ3) is 3.20. The highest BCUT2D eigenvalue weighted by molar-refractivity contribution is 6.30. The number of nitrogens with zero attached hydrogens (tertiary/aromatic N) is 2. The normalized spacial score (nSPS) is 19.1. The molecule has 6 nitrogen and oxygen atoms in total. The Morgan fingerprint density at radius 2 is 1.96 bits per heavy atom. The summed E-state index contributed by atoms with van der Waals surface area (Å²) in [5.41, 5.74) is 2.43. The van der Waals surface area contributed by atoms with E-state index in [0.29, 0.717) is 36.1 Å². The lowest BCUT2D eigenvalue weighted by molar-refractivity contribution is 0.126. The molecule has 3 amide bonds. The number of hydrogen-bond donors (Lipinski definition) is 1. The molecule has 1 N–H and O–H groups in total. The Hall–Kier alpha value is -2.73. The highest BCUT2D eigenvalue weighted by atomic mass is 35.5. The molecule has 0 radical (unpaired) electrons. The lowest BCUT2D eigenvalue weighted by Gasteiger charge is -2.41. The third-order valence-corrected chi connectivity index (χ3v) is 4.96. The van der Waals surface area contributed by atoms with Crippen LogP contribution in [0.4, 0.5) is 21.0 Å². The molecule has 2 heterocycles. The van der Waals surface area contributed by atoms with Gasteiger partial charge in [0.2, 0.25) is 0 Å². The number of nitrogens with one attached hydrogen (secondary N) is 1. The minimum Gasteiger partial charge on any atom is -0.447 e. The molecule has 1 atom stereocenters. The molecule has 2 aromatic rings. The summed E-state index contributed by atoms with van der Waals surface area (Å²) in [5, 5.41) is 3.60. The van der Waals surface area contributed by atoms with Crippen LogP contribution >= 0.6 is 11.6 Å². The molecule has 0 saturated carbocycles. The first-order chi connectivity index (χ1) is 12.6. The first-order valence-electron chi connectivity index (χ1n) is 8.49. The summed E-state index contributed by atoms with van der Waals surface area (Å²) in [5.74, 6) is 0. The number of rotatable bonds is 3. The van der Waals surface area contributed by atoms with E-state index in [1.54, 1.807) is 21.9 Å². The molecule has 0 spiro atoms. The second-order valence-electron chi connectivity index (χ2n) is 6.30. The Kier molecular flexibility index (Phi) is 4.42. The van der Waals surface area contributed by atoms with Crippen LogP contribution in [0.3, 0.4) is 0 Å². The van der Waals surface area contributed by atoms with Crippen molar-refractivity contribution >= 4 is 35.1 Å². The topological polar surface area (TPSA) is 61.9 Å². The molecule has 0 aromatic heterocycles. The monoisotopic (exact) mass is 371 g/mol. The lowest BCUT2D eigenvalue weighted by atomic mass is 9.95. The molecular formula is C19H18ClN3O3. The van der Waals surface area contributed by atoms with Gasteiger partial charge >= 0.3 is 12.1 Å². The third-order valence-electron chi connectivity index (χ3n) is 4.71. The second kappa shape index (κ2) is 6.88. The lowest BCUT2D eigenvalue weighted by Crippen LogP contribution is -2.47. The fourth-order valence-electron chi connectivity index (χ4n) is 3.24. The van der Waals surface area contributed by atoms with Gasteiger partial charge in [0.1, 0.15) is 6.61 Å². The number of ether oxygens (including phenoxy) is 1. The first-order valence-corrected chi connectivity index (χ1v) is 8.87. The molecule has 0 aliphatic carbocycles. The van der Waals surface area contributed by atoms with Crippen LogP contribution in [0.5, 0.6) is 0 Å². The minimum absolute atomic E-state index is 0.0593. The van der Waals surface area contributed by atoms with Gasteiger partial charge < -0.3 is 15.0 Å². The van der Waals surface area contributed by atoms with Crippen LogP contribution in [-0.2, 0) is 4.74 Å². The van der Waals surface area contributed by atoms with Gasteiger partial charge in [0.05, 0.1) is 12.6 Å². The van der Waals surface area contributed by atoms with Crippen LogP contribution < -0.4 is 10.2 Å². The van der Waals surface area contributed by atoms with E-state index in [9.17, 15) is 9.59 Å². The molecule has 4 rings (SSSR count). The van der Waals surface area contributed by atoms with Gasteiger partial charge in [0, 0.05) is 22.9 Å². The van der Waals surface area contributed by atoms with Gasteiger partial charge in [-0.15, -0.1) is 0 Å². The van der Waals surface area contributed by atoms with Crippen LogP contribution in [0.25, 0.3) is 0 Å². The van der Waals surface area contributed by atoms with E-state index >= 15 is 0 Å². The number of carbonyl (C=O) groups is 2. The number of cyclic esters (lactones) is 1. The van der Waals surface area contributed by atoms with Crippen LogP contribution in [0.1, 0.15) is 18.0 Å². The van der Waals surface area contributed by atoms with Crippen LogP contribution in [0.15, 0.2) is 48.5 Å². The number of halogens is 1. The predicted molar refractivity (Wildman–Crippen MR) is 99.7 cm³/mol. The average Bonchev–Trinajstić information content (AvgIpc) is 3.02. The Bertz CT molecular complexity index is 840. The van der Waals surface area contributed by atoms with Gasteiger partial charge in [0.25, 0.3) is 0 Å².